The molecule has 1 aromatic carbocycles. The second-order valence-corrected chi connectivity index (χ2v) is 8.84. The van der Waals surface area contributed by atoms with E-state index >= 15 is 0 Å². The quantitative estimate of drug-likeness (QED) is 0.337. The number of aliphatic hydroxyl groups is 1. The fraction of sp³-hybridized carbons (Fsp3) is 0.308. The van der Waals surface area contributed by atoms with Crippen LogP contribution in [0.25, 0.3) is 11.3 Å². The van der Waals surface area contributed by atoms with Crippen molar-refractivity contribution in [3.05, 3.63) is 82.9 Å². The highest BCUT2D eigenvalue weighted by molar-refractivity contribution is 5.89. The summed E-state index contributed by atoms with van der Waals surface area (Å²) in [6.07, 6.45) is -6.16. The monoisotopic (exact) mass is 531 g/mol. The molecule has 0 saturated carbocycles. The number of anilines is 1. The van der Waals surface area contributed by atoms with Gasteiger partial charge in [0.2, 0.25) is 5.91 Å². The van der Waals surface area contributed by atoms with E-state index in [1.807, 2.05) is 0 Å². The summed E-state index contributed by atoms with van der Waals surface area (Å²) < 4.78 is 40.4. The largest absolute Gasteiger partial charge is 0.416 e. The third kappa shape index (κ3) is 7.42. The maximum absolute atomic E-state index is 13.3. The Morgan fingerprint density at radius 2 is 1.71 bits per heavy atom. The van der Waals surface area contributed by atoms with Gasteiger partial charge in [-0.25, -0.2) is 4.79 Å². The number of aromatic nitrogens is 2. The summed E-state index contributed by atoms with van der Waals surface area (Å²) in [6.45, 7) is 2.30. The van der Waals surface area contributed by atoms with Crippen LogP contribution in [0.15, 0.2) is 71.7 Å². The van der Waals surface area contributed by atoms with E-state index in [2.05, 4.69) is 20.9 Å². The molecule has 3 amide bonds. The first kappa shape index (κ1) is 28.4. The van der Waals surface area contributed by atoms with Gasteiger partial charge >= 0.3 is 12.2 Å². The molecule has 3 aromatic rings. The molecule has 12 heteroatoms. The lowest BCUT2D eigenvalue weighted by atomic mass is 9.98. The summed E-state index contributed by atoms with van der Waals surface area (Å²) >= 11 is 0. The van der Waals surface area contributed by atoms with Crippen molar-refractivity contribution in [1.82, 2.24) is 20.2 Å². The van der Waals surface area contributed by atoms with Gasteiger partial charge in [-0.2, -0.15) is 13.2 Å². The molecule has 202 valence electrons. The van der Waals surface area contributed by atoms with E-state index in [1.54, 1.807) is 54.7 Å². The zero-order valence-corrected chi connectivity index (χ0v) is 20.7. The average molecular weight is 532 g/mol. The number of pyridine rings is 2. The van der Waals surface area contributed by atoms with Crippen LogP contribution < -0.4 is 21.5 Å². The van der Waals surface area contributed by atoms with Crippen LogP contribution in [0.4, 0.5) is 23.7 Å². The molecule has 2 atom stereocenters. The van der Waals surface area contributed by atoms with Crippen LogP contribution in [0.3, 0.4) is 0 Å². The molecule has 0 spiro atoms. The predicted octanol–water partition coefficient (Wildman–Crippen LogP) is 3.30. The molecule has 0 aliphatic heterocycles. The van der Waals surface area contributed by atoms with Crippen molar-refractivity contribution in [2.75, 3.05) is 5.32 Å². The molecule has 0 radical (unpaired) electrons. The van der Waals surface area contributed by atoms with Crippen molar-refractivity contribution in [2.45, 2.75) is 45.3 Å². The minimum Gasteiger partial charge on any atom is -0.382 e. The normalized spacial score (nSPS) is 13.0. The highest BCUT2D eigenvalue weighted by atomic mass is 19.4. The van der Waals surface area contributed by atoms with E-state index in [0.29, 0.717) is 17.0 Å². The number of hydrogen-bond donors (Lipinski definition) is 4. The Bertz CT molecular complexity index is 1300. The standard InChI is InChI=1S/C26H28F3N5O4/c1-16(2)22(23(36)26(27,28)29)33-21(35)15-34-20(17-8-4-3-5-9-17)12-11-19(24(34)37)32-25(38)31-14-18-10-6-7-13-30-18/h3-13,16,22-23,36H,14-15H2,1-2H3,(H,33,35)(H2,31,32,38). The minimum absolute atomic E-state index is 0.101. The summed E-state index contributed by atoms with van der Waals surface area (Å²) in [5.41, 5.74) is 0.581. The molecule has 0 saturated heterocycles. The Hall–Kier alpha value is -4.19. The number of alkyl halides is 3. The highest BCUT2D eigenvalue weighted by Crippen LogP contribution is 2.25. The summed E-state index contributed by atoms with van der Waals surface area (Å²) in [5, 5.41) is 16.9. The summed E-state index contributed by atoms with van der Waals surface area (Å²) in [7, 11) is 0. The Labute approximate surface area is 216 Å². The van der Waals surface area contributed by atoms with E-state index in [1.165, 1.54) is 26.0 Å². The van der Waals surface area contributed by atoms with Gasteiger partial charge < -0.3 is 21.1 Å². The number of amides is 3. The lowest BCUT2D eigenvalue weighted by molar-refractivity contribution is -0.215. The van der Waals surface area contributed by atoms with Gasteiger partial charge in [0, 0.05) is 6.20 Å². The molecule has 9 nitrogen and oxygen atoms in total. The van der Waals surface area contributed by atoms with Crippen molar-refractivity contribution in [3.8, 4) is 11.3 Å². The Kier molecular flexibility index (Phi) is 9.24. The summed E-state index contributed by atoms with van der Waals surface area (Å²) in [4.78, 5) is 42.6. The smallest absolute Gasteiger partial charge is 0.382 e. The maximum Gasteiger partial charge on any atom is 0.416 e. The number of carbonyl (C=O) groups excluding carboxylic acids is 2. The first-order chi connectivity index (χ1) is 18.0. The number of rotatable bonds is 9. The number of urea groups is 1. The maximum atomic E-state index is 13.3. The molecule has 4 N–H and O–H groups in total. The van der Waals surface area contributed by atoms with Crippen LogP contribution in [0.1, 0.15) is 19.5 Å². The Balaban J connectivity index is 1.86. The van der Waals surface area contributed by atoms with Crippen LogP contribution in [0, 0.1) is 5.92 Å². The third-order valence-corrected chi connectivity index (χ3v) is 5.67. The van der Waals surface area contributed by atoms with Gasteiger partial charge in [0.1, 0.15) is 12.2 Å². The number of aliphatic hydroxyl groups excluding tert-OH is 1. The summed E-state index contributed by atoms with van der Waals surface area (Å²) in [5.74, 6) is -1.67. The molecule has 2 aromatic heterocycles. The molecule has 0 bridgehead atoms. The second kappa shape index (κ2) is 12.4. The molecule has 3 rings (SSSR count). The third-order valence-electron chi connectivity index (χ3n) is 5.67. The average Bonchev–Trinajstić information content (AvgIpc) is 2.88. The van der Waals surface area contributed by atoms with Gasteiger partial charge in [0.05, 0.1) is 24.0 Å². The molecule has 0 fully saturated rings. The Morgan fingerprint density at radius 1 is 1.03 bits per heavy atom. The zero-order chi connectivity index (χ0) is 27.9. The molecular weight excluding hydrogens is 503 g/mol. The van der Waals surface area contributed by atoms with Crippen molar-refractivity contribution in [3.63, 3.8) is 0 Å². The zero-order valence-electron chi connectivity index (χ0n) is 20.7. The topological polar surface area (TPSA) is 125 Å². The van der Waals surface area contributed by atoms with Gasteiger partial charge in [0.25, 0.3) is 5.56 Å². The van der Waals surface area contributed by atoms with Crippen LogP contribution in [-0.2, 0) is 17.9 Å². The van der Waals surface area contributed by atoms with Crippen molar-refractivity contribution in [1.29, 1.82) is 0 Å². The highest BCUT2D eigenvalue weighted by Gasteiger charge is 2.45. The van der Waals surface area contributed by atoms with Gasteiger partial charge in [-0.05, 0) is 35.7 Å². The molecule has 0 aliphatic rings. The summed E-state index contributed by atoms with van der Waals surface area (Å²) in [6, 6.07) is 14.3. The first-order valence-corrected chi connectivity index (χ1v) is 11.8. The van der Waals surface area contributed by atoms with Crippen LogP contribution in [-0.4, -0.2) is 44.9 Å². The molecule has 2 heterocycles. The minimum atomic E-state index is -4.94. The van der Waals surface area contributed by atoms with Gasteiger partial charge in [-0.1, -0.05) is 50.2 Å². The Morgan fingerprint density at radius 3 is 2.32 bits per heavy atom. The number of hydrogen-bond acceptors (Lipinski definition) is 5. The van der Waals surface area contributed by atoms with Crippen molar-refractivity contribution in [2.24, 2.45) is 5.92 Å². The fourth-order valence-electron chi connectivity index (χ4n) is 3.72. The van der Waals surface area contributed by atoms with E-state index in [4.69, 9.17) is 0 Å². The molecule has 38 heavy (non-hydrogen) atoms. The first-order valence-electron chi connectivity index (χ1n) is 11.8. The number of nitrogens with zero attached hydrogens (tertiary/aromatic N) is 2. The van der Waals surface area contributed by atoms with Crippen molar-refractivity contribution < 1.29 is 27.9 Å². The second-order valence-electron chi connectivity index (χ2n) is 8.84. The number of carbonyl (C=O) groups is 2. The number of benzene rings is 1. The lowest BCUT2D eigenvalue weighted by Crippen LogP contribution is -2.53. The number of nitrogens with one attached hydrogen (secondary N) is 3. The fourth-order valence-corrected chi connectivity index (χ4v) is 3.72. The van der Waals surface area contributed by atoms with Crippen molar-refractivity contribution >= 4 is 17.6 Å². The lowest BCUT2D eigenvalue weighted by Gasteiger charge is -2.29. The van der Waals surface area contributed by atoms with E-state index < -0.39 is 48.3 Å². The van der Waals surface area contributed by atoms with Gasteiger partial charge in [-0.3, -0.25) is 19.1 Å². The van der Waals surface area contributed by atoms with Crippen LogP contribution in [0.2, 0.25) is 0 Å². The molecule has 2 unspecified atom stereocenters. The van der Waals surface area contributed by atoms with Crippen LogP contribution in [0.5, 0.6) is 0 Å². The van der Waals surface area contributed by atoms with E-state index in [9.17, 15) is 32.7 Å². The SMILES string of the molecule is CC(C)C(NC(=O)Cn1c(-c2ccccc2)ccc(NC(=O)NCc2ccccn2)c1=O)C(O)C(F)(F)F. The van der Waals surface area contributed by atoms with Gasteiger partial charge in [0.15, 0.2) is 6.10 Å². The molecular formula is C26H28F3N5O4. The molecule has 0 aliphatic carbocycles. The van der Waals surface area contributed by atoms with E-state index in [-0.39, 0.29) is 12.2 Å². The van der Waals surface area contributed by atoms with E-state index in [0.717, 1.165) is 4.57 Å². The predicted molar refractivity (Wildman–Crippen MR) is 135 cm³/mol. The number of halogens is 3. The van der Waals surface area contributed by atoms with Gasteiger partial charge in [-0.15, -0.1) is 0 Å². The van der Waals surface area contributed by atoms with Crippen LogP contribution >= 0.6 is 0 Å².